The van der Waals surface area contributed by atoms with Crippen molar-refractivity contribution in [3.63, 3.8) is 0 Å². The zero-order chi connectivity index (χ0) is 21.8. The summed E-state index contributed by atoms with van der Waals surface area (Å²) in [7, 11) is -3.24. The molecule has 0 unspecified atom stereocenters. The number of sulfonamides is 1. The first-order chi connectivity index (χ1) is 14.8. The zero-order valence-corrected chi connectivity index (χ0v) is 17.5. The lowest BCUT2D eigenvalue weighted by Gasteiger charge is -2.33. The predicted octanol–water partition coefficient (Wildman–Crippen LogP) is -2.46. The topological polar surface area (TPSA) is 165 Å². The van der Waals surface area contributed by atoms with Crippen molar-refractivity contribution < 1.29 is 13.5 Å². The molecule has 5 rings (SSSR count). The van der Waals surface area contributed by atoms with Crippen molar-refractivity contribution in [2.45, 2.75) is 18.9 Å². The van der Waals surface area contributed by atoms with Crippen LogP contribution in [0.3, 0.4) is 0 Å². The van der Waals surface area contributed by atoms with Crippen molar-refractivity contribution in [2.24, 2.45) is 4.99 Å². The summed E-state index contributed by atoms with van der Waals surface area (Å²) in [4.78, 5) is 32.0. The molecule has 1 saturated carbocycles. The third-order valence-electron chi connectivity index (χ3n) is 5.24. The SMILES string of the molecule is CS(=O)(=O)N1CCN(c2nc(=NC3CC3)n3nc/c(=C\c4[nH]c(=O)[nH]c4O)c3n2)CC1. The van der Waals surface area contributed by atoms with E-state index in [0.717, 1.165) is 12.8 Å². The number of hydrogen-bond acceptors (Lipinski definition) is 9. The van der Waals surface area contributed by atoms with Crippen LogP contribution in [0.15, 0.2) is 16.0 Å². The average molecular weight is 447 g/mol. The van der Waals surface area contributed by atoms with Gasteiger partial charge in [-0.25, -0.2) is 18.2 Å². The molecule has 0 amide bonds. The van der Waals surface area contributed by atoms with Crippen LogP contribution in [0, 0.1) is 0 Å². The number of aromatic hydroxyl groups is 1. The zero-order valence-electron chi connectivity index (χ0n) is 16.7. The maximum absolute atomic E-state index is 11.8. The van der Waals surface area contributed by atoms with Gasteiger partial charge in [0.1, 0.15) is 5.69 Å². The molecule has 3 aromatic heterocycles. The summed E-state index contributed by atoms with van der Waals surface area (Å²) in [5.74, 6) is 0.153. The minimum absolute atomic E-state index is 0.203. The van der Waals surface area contributed by atoms with Crippen molar-refractivity contribution in [3.8, 4) is 5.88 Å². The molecule has 1 aliphatic carbocycles. The number of imidazole rings is 1. The first-order valence-corrected chi connectivity index (χ1v) is 11.7. The van der Waals surface area contributed by atoms with Gasteiger partial charge in [-0.2, -0.15) is 23.9 Å². The molecule has 2 fully saturated rings. The highest BCUT2D eigenvalue weighted by molar-refractivity contribution is 7.88. The Bertz CT molecular complexity index is 1430. The second kappa shape index (κ2) is 7.16. The Kier molecular flexibility index (Phi) is 4.55. The summed E-state index contributed by atoms with van der Waals surface area (Å²) in [5, 5.41) is 14.8. The van der Waals surface area contributed by atoms with Crippen LogP contribution in [0.25, 0.3) is 11.7 Å². The van der Waals surface area contributed by atoms with Crippen molar-refractivity contribution in [3.05, 3.63) is 33.2 Å². The lowest BCUT2D eigenvalue weighted by Crippen LogP contribution is -2.49. The number of aromatic amines is 2. The standard InChI is InChI=1S/C17H21N9O4S/c1-31(29,30)25-6-4-24(5-7-25)15-21-13-10(8-12-14(27)22-17(28)20-12)9-18-26(13)16(23-15)19-11-2-3-11/h8-9,11,27H,2-7H2,1H3,(H2,20,22,28)/b10-8+,19-16?. The Morgan fingerprint density at radius 3 is 2.55 bits per heavy atom. The number of piperazine rings is 1. The van der Waals surface area contributed by atoms with Crippen molar-refractivity contribution in [1.82, 2.24) is 33.9 Å². The molecule has 2 aliphatic rings. The Balaban J connectivity index is 1.60. The quantitative estimate of drug-likeness (QED) is 0.396. The largest absolute Gasteiger partial charge is 0.493 e. The van der Waals surface area contributed by atoms with Gasteiger partial charge in [0, 0.05) is 31.4 Å². The van der Waals surface area contributed by atoms with Gasteiger partial charge in [-0.3, -0.25) is 4.98 Å². The molecule has 1 saturated heterocycles. The highest BCUT2D eigenvalue weighted by Crippen LogP contribution is 2.22. The van der Waals surface area contributed by atoms with Gasteiger partial charge >= 0.3 is 5.69 Å². The molecule has 0 bridgehead atoms. The van der Waals surface area contributed by atoms with Gasteiger partial charge in [0.05, 0.1) is 18.5 Å². The summed E-state index contributed by atoms with van der Waals surface area (Å²) in [5.41, 5.74) is 0.571. The average Bonchev–Trinajstić information content (AvgIpc) is 3.35. The molecule has 3 N–H and O–H groups in total. The first-order valence-electron chi connectivity index (χ1n) is 9.80. The van der Waals surface area contributed by atoms with E-state index in [1.54, 1.807) is 12.3 Å². The van der Waals surface area contributed by atoms with Crippen LogP contribution in [0.1, 0.15) is 18.5 Å². The number of hydrogen-bond donors (Lipinski definition) is 3. The van der Waals surface area contributed by atoms with E-state index in [1.807, 2.05) is 4.90 Å². The molecule has 0 spiro atoms. The molecule has 164 valence electrons. The Labute approximate surface area is 175 Å². The molecule has 14 heteroatoms. The van der Waals surface area contributed by atoms with Gasteiger partial charge in [-0.15, -0.1) is 0 Å². The summed E-state index contributed by atoms with van der Waals surface area (Å²) in [6.07, 6.45) is 6.31. The van der Waals surface area contributed by atoms with E-state index in [4.69, 9.17) is 0 Å². The number of rotatable bonds is 4. The molecule has 31 heavy (non-hydrogen) atoms. The fraction of sp³-hybridized carbons (Fsp3) is 0.471. The van der Waals surface area contributed by atoms with E-state index >= 15 is 0 Å². The minimum Gasteiger partial charge on any atom is -0.493 e. The van der Waals surface area contributed by atoms with Crippen LogP contribution >= 0.6 is 0 Å². The fourth-order valence-corrected chi connectivity index (χ4v) is 4.26. The van der Waals surface area contributed by atoms with Gasteiger partial charge < -0.3 is 15.0 Å². The minimum atomic E-state index is -3.24. The molecule has 0 atom stereocenters. The smallest absolute Gasteiger partial charge is 0.326 e. The van der Waals surface area contributed by atoms with E-state index in [1.165, 1.54) is 15.1 Å². The van der Waals surface area contributed by atoms with Crippen LogP contribution in [0.4, 0.5) is 5.95 Å². The van der Waals surface area contributed by atoms with Crippen LogP contribution in [0.2, 0.25) is 0 Å². The van der Waals surface area contributed by atoms with Crippen LogP contribution < -0.4 is 21.4 Å². The molecule has 3 aromatic rings. The fourth-order valence-electron chi connectivity index (χ4n) is 3.43. The van der Waals surface area contributed by atoms with Crippen LogP contribution in [0.5, 0.6) is 5.88 Å². The summed E-state index contributed by atoms with van der Waals surface area (Å²) in [6, 6.07) is 0.203. The van der Waals surface area contributed by atoms with Gasteiger partial charge in [0.2, 0.25) is 21.9 Å². The summed E-state index contributed by atoms with van der Waals surface area (Å²) < 4.78 is 26.6. The molecule has 0 radical (unpaired) electrons. The monoisotopic (exact) mass is 447 g/mol. The van der Waals surface area contributed by atoms with E-state index < -0.39 is 15.7 Å². The number of aromatic nitrogens is 6. The highest BCUT2D eigenvalue weighted by Gasteiger charge is 2.26. The normalized spacial score (nSPS) is 19.6. The molecular formula is C17H21N9O4S. The second-order valence-corrected chi connectivity index (χ2v) is 9.64. The van der Waals surface area contributed by atoms with E-state index in [-0.39, 0.29) is 17.6 Å². The number of anilines is 1. The van der Waals surface area contributed by atoms with Crippen LogP contribution in [-0.4, -0.2) is 85.9 Å². The van der Waals surface area contributed by atoms with E-state index in [9.17, 15) is 18.3 Å². The van der Waals surface area contributed by atoms with Gasteiger partial charge in [0.15, 0.2) is 5.65 Å². The summed E-state index contributed by atoms with van der Waals surface area (Å²) >= 11 is 0. The second-order valence-electron chi connectivity index (χ2n) is 7.65. The first kappa shape index (κ1) is 19.7. The van der Waals surface area contributed by atoms with Crippen molar-refractivity contribution in [1.29, 1.82) is 0 Å². The lowest BCUT2D eigenvalue weighted by molar-refractivity contribution is 0.385. The number of fused-ring (bicyclic) bond motifs is 1. The third kappa shape index (κ3) is 3.90. The summed E-state index contributed by atoms with van der Waals surface area (Å²) in [6.45, 7) is 1.59. The van der Waals surface area contributed by atoms with Gasteiger partial charge in [-0.1, -0.05) is 0 Å². The van der Waals surface area contributed by atoms with Crippen LogP contribution in [-0.2, 0) is 10.0 Å². The number of nitrogens with one attached hydrogen (secondary N) is 2. The van der Waals surface area contributed by atoms with Gasteiger partial charge in [0.25, 0.3) is 5.62 Å². The molecular weight excluding hydrogens is 426 g/mol. The lowest BCUT2D eigenvalue weighted by atomic mass is 10.3. The number of nitrogens with zero attached hydrogens (tertiary/aromatic N) is 7. The van der Waals surface area contributed by atoms with E-state index in [2.05, 4.69) is 30.0 Å². The Hall–Kier alpha value is -3.26. The van der Waals surface area contributed by atoms with Gasteiger partial charge in [-0.05, 0) is 18.9 Å². The van der Waals surface area contributed by atoms with Crippen molar-refractivity contribution in [2.75, 3.05) is 37.3 Å². The maximum atomic E-state index is 11.8. The highest BCUT2D eigenvalue weighted by atomic mass is 32.2. The maximum Gasteiger partial charge on any atom is 0.326 e. The third-order valence-corrected chi connectivity index (χ3v) is 6.54. The van der Waals surface area contributed by atoms with E-state index in [0.29, 0.717) is 48.6 Å². The molecule has 0 aromatic carbocycles. The predicted molar refractivity (Wildman–Crippen MR) is 110 cm³/mol. The molecule has 4 heterocycles. The molecule has 1 aliphatic heterocycles. The van der Waals surface area contributed by atoms with Crippen molar-refractivity contribution >= 4 is 27.7 Å². The Morgan fingerprint density at radius 1 is 1.19 bits per heavy atom. The molecule has 13 nitrogen and oxygen atoms in total. The number of H-pyrrole nitrogens is 2. The Morgan fingerprint density at radius 2 is 1.94 bits per heavy atom.